The first-order chi connectivity index (χ1) is 16.1. The summed E-state index contributed by atoms with van der Waals surface area (Å²) in [6.45, 7) is 0.176. The second-order valence-electron chi connectivity index (χ2n) is 9.00. The maximum Gasteiger partial charge on any atom is 0.261 e. The van der Waals surface area contributed by atoms with E-state index in [-0.39, 0.29) is 36.9 Å². The molecule has 3 unspecified atom stereocenters. The van der Waals surface area contributed by atoms with Gasteiger partial charge in [-0.15, -0.1) is 0 Å². The van der Waals surface area contributed by atoms with Crippen molar-refractivity contribution in [3.63, 3.8) is 0 Å². The van der Waals surface area contributed by atoms with Crippen molar-refractivity contribution in [1.82, 2.24) is 20.3 Å². The molecular formula is C25H28N4O4. The van der Waals surface area contributed by atoms with Crippen LogP contribution in [0.15, 0.2) is 54.9 Å². The van der Waals surface area contributed by atoms with Gasteiger partial charge < -0.3 is 5.32 Å². The lowest BCUT2D eigenvalue weighted by Crippen LogP contribution is -2.44. The fourth-order valence-electron chi connectivity index (χ4n) is 5.18. The second kappa shape index (κ2) is 9.41. The van der Waals surface area contributed by atoms with Gasteiger partial charge in [0.05, 0.1) is 18.5 Å². The minimum atomic E-state index is -0.929. The number of likely N-dealkylation sites (tertiary alicyclic amines) is 1. The van der Waals surface area contributed by atoms with E-state index in [1.807, 2.05) is 30.3 Å². The summed E-state index contributed by atoms with van der Waals surface area (Å²) < 4.78 is 0. The molecule has 1 N–H and O–H groups in total. The van der Waals surface area contributed by atoms with E-state index in [0.29, 0.717) is 0 Å². The van der Waals surface area contributed by atoms with Gasteiger partial charge in [0, 0.05) is 18.4 Å². The molecule has 0 bridgehead atoms. The molecule has 3 fully saturated rings. The Balaban J connectivity index is 1.36. The number of carbonyl (C=O) groups is 3. The molecule has 1 aliphatic carbocycles. The van der Waals surface area contributed by atoms with E-state index in [4.69, 9.17) is 4.84 Å². The summed E-state index contributed by atoms with van der Waals surface area (Å²) in [4.78, 5) is 50.7. The van der Waals surface area contributed by atoms with Gasteiger partial charge in [0.2, 0.25) is 11.8 Å². The quantitative estimate of drug-likeness (QED) is 0.683. The largest absolute Gasteiger partial charge is 0.352 e. The van der Waals surface area contributed by atoms with Crippen LogP contribution in [0.25, 0.3) is 0 Å². The van der Waals surface area contributed by atoms with Crippen LogP contribution in [-0.2, 0) is 25.8 Å². The molecule has 0 radical (unpaired) electrons. The number of rotatable bonds is 6. The maximum atomic E-state index is 13.4. The summed E-state index contributed by atoms with van der Waals surface area (Å²) in [5.41, 5.74) is 1.68. The topological polar surface area (TPSA) is 91.8 Å². The van der Waals surface area contributed by atoms with Gasteiger partial charge in [-0.05, 0) is 36.1 Å². The molecule has 2 aliphatic heterocycles. The molecule has 5 rings (SSSR count). The Labute approximate surface area is 192 Å². The summed E-state index contributed by atoms with van der Waals surface area (Å²) in [5, 5.41) is 4.61. The number of amides is 3. The molecule has 33 heavy (non-hydrogen) atoms. The number of hydrogen-bond acceptors (Lipinski definition) is 6. The summed E-state index contributed by atoms with van der Waals surface area (Å²) in [7, 11) is 0. The third kappa shape index (κ3) is 4.41. The lowest BCUT2D eigenvalue weighted by atomic mass is 9.91. The van der Waals surface area contributed by atoms with Crippen LogP contribution >= 0.6 is 0 Å². The minimum absolute atomic E-state index is 0.0320. The Morgan fingerprint density at radius 1 is 1.00 bits per heavy atom. The smallest absolute Gasteiger partial charge is 0.261 e. The van der Waals surface area contributed by atoms with E-state index in [2.05, 4.69) is 10.3 Å². The number of aromatic nitrogens is 1. The Morgan fingerprint density at radius 2 is 1.73 bits per heavy atom. The number of nitrogens with zero attached hydrogens (tertiary/aromatic N) is 3. The average Bonchev–Trinajstić information content (AvgIpc) is 3.31. The molecular weight excluding hydrogens is 420 g/mol. The average molecular weight is 449 g/mol. The van der Waals surface area contributed by atoms with E-state index < -0.39 is 18.1 Å². The number of imide groups is 1. The first-order valence-corrected chi connectivity index (χ1v) is 11.6. The molecule has 3 aliphatic rings. The molecule has 0 spiro atoms. The van der Waals surface area contributed by atoms with Gasteiger partial charge in [-0.1, -0.05) is 49.6 Å². The molecule has 3 heterocycles. The number of benzene rings is 1. The van der Waals surface area contributed by atoms with E-state index in [1.54, 1.807) is 24.5 Å². The van der Waals surface area contributed by atoms with Crippen molar-refractivity contribution in [3.05, 3.63) is 66.0 Å². The van der Waals surface area contributed by atoms with Crippen LogP contribution in [0.1, 0.15) is 49.3 Å². The van der Waals surface area contributed by atoms with Crippen LogP contribution in [0.4, 0.5) is 0 Å². The fourth-order valence-corrected chi connectivity index (χ4v) is 5.18. The Kier molecular flexibility index (Phi) is 6.20. The second-order valence-corrected chi connectivity index (χ2v) is 9.00. The van der Waals surface area contributed by atoms with E-state index in [9.17, 15) is 14.4 Å². The van der Waals surface area contributed by atoms with Crippen LogP contribution in [0.3, 0.4) is 0 Å². The summed E-state index contributed by atoms with van der Waals surface area (Å²) in [5.74, 6) is -1.48. The van der Waals surface area contributed by atoms with Crippen molar-refractivity contribution < 1.29 is 19.2 Å². The van der Waals surface area contributed by atoms with E-state index >= 15 is 0 Å². The summed E-state index contributed by atoms with van der Waals surface area (Å²) >= 11 is 0. The molecule has 172 valence electrons. The van der Waals surface area contributed by atoms with Crippen molar-refractivity contribution in [2.24, 2.45) is 5.92 Å². The number of fused-ring (bicyclic) bond motifs is 1. The molecule has 8 heteroatoms. The number of hydrogen-bond donors (Lipinski definition) is 1. The molecule has 2 aromatic rings. The van der Waals surface area contributed by atoms with Gasteiger partial charge in [-0.3, -0.25) is 29.1 Å². The van der Waals surface area contributed by atoms with Crippen LogP contribution < -0.4 is 5.32 Å². The molecule has 2 saturated heterocycles. The highest BCUT2D eigenvalue weighted by molar-refractivity contribution is 6.07. The van der Waals surface area contributed by atoms with Gasteiger partial charge in [0.15, 0.2) is 6.10 Å². The predicted molar refractivity (Wildman–Crippen MR) is 119 cm³/mol. The molecule has 3 atom stereocenters. The maximum absolute atomic E-state index is 13.4. The number of hydroxylamine groups is 2. The number of carbonyl (C=O) groups excluding carboxylic acids is 3. The molecule has 1 aromatic heterocycles. The zero-order chi connectivity index (χ0) is 22.8. The van der Waals surface area contributed by atoms with Crippen molar-refractivity contribution in [2.75, 3.05) is 6.54 Å². The molecule has 3 amide bonds. The monoisotopic (exact) mass is 448 g/mol. The van der Waals surface area contributed by atoms with E-state index in [1.165, 1.54) is 16.4 Å². The van der Waals surface area contributed by atoms with Crippen molar-refractivity contribution >= 4 is 17.7 Å². The SMILES string of the molecule is O=C(CN1OC2C(=O)N(Cc3ccccc3)C(=O)C2C1c1ccncc1)NC1CCCCC1. The van der Waals surface area contributed by atoms with Crippen molar-refractivity contribution in [2.45, 2.75) is 56.8 Å². The standard InChI is InChI=1S/C25H28N4O4/c30-20(27-19-9-5-2-6-10-19)16-29-22(18-11-13-26-14-12-18)21-23(33-29)25(32)28(24(21)31)15-17-7-3-1-4-8-17/h1,3-4,7-8,11-14,19,21-23H,2,5-6,9-10,15-16H2,(H,27,30). The molecule has 8 nitrogen and oxygen atoms in total. The number of nitrogens with one attached hydrogen (secondary N) is 1. The highest BCUT2D eigenvalue weighted by Crippen LogP contribution is 2.44. The fraction of sp³-hybridized carbons (Fsp3) is 0.440. The Hall–Kier alpha value is -3.10. The zero-order valence-electron chi connectivity index (χ0n) is 18.4. The number of pyridine rings is 1. The summed E-state index contributed by atoms with van der Waals surface area (Å²) in [6.07, 6.45) is 7.77. The highest BCUT2D eigenvalue weighted by Gasteiger charge is 2.59. The van der Waals surface area contributed by atoms with Crippen LogP contribution in [0.5, 0.6) is 0 Å². The first kappa shape index (κ1) is 21.7. The van der Waals surface area contributed by atoms with E-state index in [0.717, 1.165) is 36.8 Å². The van der Waals surface area contributed by atoms with Crippen LogP contribution in [0.2, 0.25) is 0 Å². The van der Waals surface area contributed by atoms with Gasteiger partial charge in [-0.2, -0.15) is 5.06 Å². The highest BCUT2D eigenvalue weighted by atomic mass is 16.7. The zero-order valence-corrected chi connectivity index (χ0v) is 18.4. The third-order valence-electron chi connectivity index (χ3n) is 6.79. The Morgan fingerprint density at radius 3 is 2.45 bits per heavy atom. The third-order valence-corrected chi connectivity index (χ3v) is 6.79. The van der Waals surface area contributed by atoms with Crippen molar-refractivity contribution in [3.8, 4) is 0 Å². The normalized spacial score (nSPS) is 25.9. The van der Waals surface area contributed by atoms with Crippen LogP contribution in [-0.4, -0.2) is 51.4 Å². The predicted octanol–water partition coefficient (Wildman–Crippen LogP) is 2.37. The molecule has 1 saturated carbocycles. The van der Waals surface area contributed by atoms with Gasteiger partial charge >= 0.3 is 0 Å². The van der Waals surface area contributed by atoms with Gasteiger partial charge in [0.25, 0.3) is 5.91 Å². The van der Waals surface area contributed by atoms with Crippen LogP contribution in [0, 0.1) is 5.92 Å². The van der Waals surface area contributed by atoms with Gasteiger partial charge in [-0.25, -0.2) is 0 Å². The lowest BCUT2D eigenvalue weighted by Gasteiger charge is -2.28. The summed E-state index contributed by atoms with van der Waals surface area (Å²) in [6, 6.07) is 12.7. The Bertz CT molecular complexity index is 1010. The minimum Gasteiger partial charge on any atom is -0.352 e. The lowest BCUT2D eigenvalue weighted by molar-refractivity contribution is -0.183. The van der Waals surface area contributed by atoms with Crippen molar-refractivity contribution in [1.29, 1.82) is 0 Å². The molecule has 1 aromatic carbocycles. The van der Waals surface area contributed by atoms with Gasteiger partial charge in [0.1, 0.15) is 6.54 Å². The first-order valence-electron chi connectivity index (χ1n) is 11.6.